The highest BCUT2D eigenvalue weighted by molar-refractivity contribution is 7.89. The minimum Gasteiger partial charge on any atom is -0.497 e. The summed E-state index contributed by atoms with van der Waals surface area (Å²) in [5.41, 5.74) is 0.441. The summed E-state index contributed by atoms with van der Waals surface area (Å²) in [6, 6.07) is 13.0. The Morgan fingerprint density at radius 2 is 1.77 bits per heavy atom. The molecule has 2 heterocycles. The first-order valence-electron chi connectivity index (χ1n) is 9.31. The van der Waals surface area contributed by atoms with Crippen LogP contribution >= 0.6 is 0 Å². The molecule has 1 aliphatic heterocycles. The van der Waals surface area contributed by atoms with Crippen LogP contribution in [0.5, 0.6) is 11.5 Å². The first kappa shape index (κ1) is 20.2. The topological polar surface area (TPSA) is 95.7 Å². The zero-order chi connectivity index (χ0) is 21.5. The van der Waals surface area contributed by atoms with Gasteiger partial charge >= 0.3 is 5.69 Å². The summed E-state index contributed by atoms with van der Waals surface area (Å²) in [7, 11) is 0.427. The van der Waals surface area contributed by atoms with Gasteiger partial charge in [0.25, 0.3) is 0 Å². The fourth-order valence-electron chi connectivity index (χ4n) is 3.71. The van der Waals surface area contributed by atoms with Crippen LogP contribution in [0.25, 0.3) is 0 Å². The van der Waals surface area contributed by atoms with Crippen LogP contribution < -0.4 is 15.2 Å². The van der Waals surface area contributed by atoms with Gasteiger partial charge in [-0.05, 0) is 17.7 Å². The van der Waals surface area contributed by atoms with Crippen LogP contribution in [-0.2, 0) is 23.6 Å². The Balaban J connectivity index is 1.92. The molecule has 1 atom stereocenters. The van der Waals surface area contributed by atoms with Gasteiger partial charge in [-0.1, -0.05) is 30.3 Å². The van der Waals surface area contributed by atoms with Crippen LogP contribution in [-0.4, -0.2) is 47.8 Å². The molecular weight excluding hydrogens is 408 g/mol. The summed E-state index contributed by atoms with van der Waals surface area (Å²) in [5.74, 6) is 0.995. The van der Waals surface area contributed by atoms with Gasteiger partial charge in [-0.25, -0.2) is 17.9 Å². The third kappa shape index (κ3) is 3.17. The molecule has 0 radical (unpaired) electrons. The van der Waals surface area contributed by atoms with Gasteiger partial charge in [0.05, 0.1) is 14.2 Å². The van der Waals surface area contributed by atoms with Gasteiger partial charge in [0.15, 0.2) is 5.82 Å². The number of nitrogens with zero attached hydrogens (tertiary/aromatic N) is 4. The summed E-state index contributed by atoms with van der Waals surface area (Å²) in [4.78, 5) is 12.5. The molecule has 1 unspecified atom stereocenters. The van der Waals surface area contributed by atoms with E-state index in [1.807, 2.05) is 30.3 Å². The molecule has 10 heteroatoms. The van der Waals surface area contributed by atoms with Crippen molar-refractivity contribution in [3.8, 4) is 11.5 Å². The van der Waals surface area contributed by atoms with Crippen LogP contribution in [0.3, 0.4) is 0 Å². The van der Waals surface area contributed by atoms with E-state index in [-0.39, 0.29) is 29.4 Å². The molecule has 9 nitrogen and oxygen atoms in total. The van der Waals surface area contributed by atoms with Crippen molar-refractivity contribution < 1.29 is 17.9 Å². The fourth-order valence-corrected chi connectivity index (χ4v) is 5.45. The molecule has 0 aliphatic carbocycles. The molecular formula is C20H22N4O5S. The van der Waals surface area contributed by atoms with Crippen molar-refractivity contribution in [1.29, 1.82) is 0 Å². The highest BCUT2D eigenvalue weighted by Crippen LogP contribution is 2.38. The molecule has 0 saturated carbocycles. The number of aryl methyl sites for hydroxylation is 1. The third-order valence-electron chi connectivity index (χ3n) is 5.19. The normalized spacial score (nSPS) is 16.8. The van der Waals surface area contributed by atoms with Gasteiger partial charge in [-0.3, -0.25) is 4.57 Å². The number of benzene rings is 2. The van der Waals surface area contributed by atoms with Crippen molar-refractivity contribution in [2.45, 2.75) is 17.5 Å². The lowest BCUT2D eigenvalue weighted by molar-refractivity contribution is 0.287. The Labute approximate surface area is 174 Å². The van der Waals surface area contributed by atoms with E-state index >= 15 is 0 Å². The second kappa shape index (κ2) is 7.62. The highest BCUT2D eigenvalue weighted by Gasteiger charge is 2.41. The Kier molecular flexibility index (Phi) is 5.12. The average molecular weight is 430 g/mol. The monoisotopic (exact) mass is 430 g/mol. The first-order chi connectivity index (χ1) is 14.4. The van der Waals surface area contributed by atoms with Gasteiger partial charge in [-0.2, -0.15) is 9.40 Å². The van der Waals surface area contributed by atoms with Crippen LogP contribution in [0.2, 0.25) is 0 Å². The number of sulfonamides is 1. The summed E-state index contributed by atoms with van der Waals surface area (Å²) in [5, 5.41) is 4.35. The lowest BCUT2D eigenvalue weighted by atomic mass is 10.1. The van der Waals surface area contributed by atoms with Gasteiger partial charge in [0.1, 0.15) is 22.4 Å². The van der Waals surface area contributed by atoms with E-state index in [1.165, 1.54) is 33.8 Å². The smallest absolute Gasteiger partial charge is 0.345 e. The summed E-state index contributed by atoms with van der Waals surface area (Å²) in [6.45, 7) is 0.317. The predicted molar refractivity (Wildman–Crippen MR) is 109 cm³/mol. The Hall–Kier alpha value is -3.11. The number of fused-ring (bicyclic) bond motifs is 1. The van der Waals surface area contributed by atoms with E-state index in [9.17, 15) is 13.2 Å². The molecule has 30 heavy (non-hydrogen) atoms. The zero-order valence-electron chi connectivity index (χ0n) is 16.8. The molecule has 0 bridgehead atoms. The van der Waals surface area contributed by atoms with E-state index in [1.54, 1.807) is 19.2 Å². The SMILES string of the molecule is COc1ccc(OC)c(S(=O)(=O)N2CCn3c(nn(C)c3=O)C2c2ccccc2)c1. The number of methoxy groups -OCH3 is 2. The number of ether oxygens (including phenoxy) is 2. The molecule has 0 spiro atoms. The van der Waals surface area contributed by atoms with E-state index in [0.29, 0.717) is 11.6 Å². The minimum absolute atomic E-state index is 0.00277. The van der Waals surface area contributed by atoms with Crippen LogP contribution in [0.1, 0.15) is 17.4 Å². The Morgan fingerprint density at radius 3 is 2.43 bits per heavy atom. The maximum Gasteiger partial charge on any atom is 0.345 e. The van der Waals surface area contributed by atoms with Gasteiger partial charge in [0.2, 0.25) is 10.0 Å². The van der Waals surface area contributed by atoms with E-state index in [2.05, 4.69) is 5.10 Å². The predicted octanol–water partition coefficient (Wildman–Crippen LogP) is 1.39. The number of hydrogen-bond acceptors (Lipinski definition) is 6. The van der Waals surface area contributed by atoms with Gasteiger partial charge < -0.3 is 9.47 Å². The van der Waals surface area contributed by atoms with E-state index in [4.69, 9.17) is 9.47 Å². The standard InChI is InChI=1S/C20H22N4O5S/c1-22-20(25)23-11-12-24(18(19(23)21-22)14-7-5-4-6-8-14)30(26,27)17-13-15(28-2)9-10-16(17)29-3/h4-10,13,18H,11-12H2,1-3H3. The molecule has 0 amide bonds. The summed E-state index contributed by atoms with van der Waals surface area (Å²) in [6.07, 6.45) is 0. The van der Waals surface area contributed by atoms with Crippen molar-refractivity contribution in [1.82, 2.24) is 18.7 Å². The highest BCUT2D eigenvalue weighted by atomic mass is 32.2. The third-order valence-corrected chi connectivity index (χ3v) is 7.07. The molecule has 0 N–H and O–H groups in total. The maximum atomic E-state index is 13.8. The van der Waals surface area contributed by atoms with Crippen molar-refractivity contribution in [2.24, 2.45) is 7.05 Å². The lowest BCUT2D eigenvalue weighted by Crippen LogP contribution is -2.44. The van der Waals surface area contributed by atoms with Crippen molar-refractivity contribution in [2.75, 3.05) is 20.8 Å². The molecule has 0 fully saturated rings. The fraction of sp³-hybridized carbons (Fsp3) is 0.300. The summed E-state index contributed by atoms with van der Waals surface area (Å²) >= 11 is 0. The largest absolute Gasteiger partial charge is 0.497 e. The first-order valence-corrected chi connectivity index (χ1v) is 10.7. The Bertz CT molecular complexity index is 1230. The Morgan fingerprint density at radius 1 is 1.03 bits per heavy atom. The average Bonchev–Trinajstić information content (AvgIpc) is 3.06. The van der Waals surface area contributed by atoms with Crippen LogP contribution in [0.4, 0.5) is 0 Å². The van der Waals surface area contributed by atoms with Gasteiger partial charge in [0, 0.05) is 26.2 Å². The second-order valence-corrected chi connectivity index (χ2v) is 8.72. The molecule has 158 valence electrons. The van der Waals surface area contributed by atoms with E-state index in [0.717, 1.165) is 5.56 Å². The second-order valence-electron chi connectivity index (χ2n) is 6.86. The van der Waals surface area contributed by atoms with Crippen molar-refractivity contribution in [3.63, 3.8) is 0 Å². The molecule has 1 aromatic heterocycles. The lowest BCUT2D eigenvalue weighted by Gasteiger charge is -2.34. The maximum absolute atomic E-state index is 13.8. The molecule has 2 aromatic carbocycles. The van der Waals surface area contributed by atoms with Crippen molar-refractivity contribution >= 4 is 10.0 Å². The number of aromatic nitrogens is 3. The molecule has 4 rings (SSSR count). The van der Waals surface area contributed by atoms with Crippen LogP contribution in [0, 0.1) is 0 Å². The van der Waals surface area contributed by atoms with Crippen LogP contribution in [0.15, 0.2) is 58.2 Å². The van der Waals surface area contributed by atoms with Crippen molar-refractivity contribution in [3.05, 3.63) is 70.4 Å². The van der Waals surface area contributed by atoms with Gasteiger partial charge in [-0.15, -0.1) is 0 Å². The molecule has 1 aliphatic rings. The quantitative estimate of drug-likeness (QED) is 0.607. The van der Waals surface area contributed by atoms with E-state index < -0.39 is 16.1 Å². The molecule has 3 aromatic rings. The minimum atomic E-state index is -4.02. The molecule has 0 saturated heterocycles. The number of rotatable bonds is 5. The number of hydrogen-bond donors (Lipinski definition) is 0. The zero-order valence-corrected chi connectivity index (χ0v) is 17.7. The summed E-state index contributed by atoms with van der Waals surface area (Å²) < 4.78 is 42.2.